The van der Waals surface area contributed by atoms with Crippen molar-refractivity contribution in [3.8, 4) is 0 Å². The number of nitrogens with one attached hydrogen (secondary N) is 3. The molecule has 0 aromatic carbocycles. The normalized spacial score (nSPS) is 19.1. The molecule has 0 bridgehead atoms. The van der Waals surface area contributed by atoms with E-state index in [0.717, 1.165) is 6.26 Å². The highest BCUT2D eigenvalue weighted by atomic mass is 32.2. The first-order valence-corrected chi connectivity index (χ1v) is 11.0. The van der Waals surface area contributed by atoms with E-state index < -0.39 is 27.6 Å². The molecule has 0 saturated carbocycles. The van der Waals surface area contributed by atoms with Crippen molar-refractivity contribution in [1.29, 1.82) is 0 Å². The summed E-state index contributed by atoms with van der Waals surface area (Å²) in [4.78, 5) is 38.6. The molecule has 0 radical (unpaired) electrons. The Hall–Kier alpha value is -1.68. The molecule has 3 amide bonds. The van der Waals surface area contributed by atoms with E-state index in [4.69, 9.17) is 0 Å². The molecule has 2 atom stereocenters. The summed E-state index contributed by atoms with van der Waals surface area (Å²) in [5.74, 6) is -1.01. The highest BCUT2D eigenvalue weighted by Crippen LogP contribution is 2.21. The van der Waals surface area contributed by atoms with Gasteiger partial charge in [-0.2, -0.15) is 0 Å². The Bertz CT molecular complexity index is 675. The highest BCUT2D eigenvalue weighted by molar-refractivity contribution is 7.88. The van der Waals surface area contributed by atoms with Gasteiger partial charge < -0.3 is 15.5 Å². The second-order valence-corrected chi connectivity index (χ2v) is 9.91. The minimum atomic E-state index is -3.37. The van der Waals surface area contributed by atoms with Crippen molar-refractivity contribution in [1.82, 2.24) is 20.3 Å². The zero-order valence-electron chi connectivity index (χ0n) is 17.0. The molecule has 10 heteroatoms. The van der Waals surface area contributed by atoms with Gasteiger partial charge in [0.1, 0.15) is 12.1 Å². The largest absolute Gasteiger partial charge is 0.348 e. The number of likely N-dealkylation sites (tertiary alicyclic amines) is 1. The average Bonchev–Trinajstić information content (AvgIpc) is 2.98. The zero-order valence-corrected chi connectivity index (χ0v) is 17.8. The molecular weight excluding hydrogens is 372 g/mol. The van der Waals surface area contributed by atoms with E-state index in [9.17, 15) is 22.8 Å². The van der Waals surface area contributed by atoms with Gasteiger partial charge in [0.25, 0.3) is 0 Å². The summed E-state index contributed by atoms with van der Waals surface area (Å²) < 4.78 is 24.9. The number of carbonyl (C=O) groups is 3. The van der Waals surface area contributed by atoms with Crippen LogP contribution in [0.3, 0.4) is 0 Å². The Balaban J connectivity index is 2.84. The molecule has 0 unspecified atom stereocenters. The second kappa shape index (κ2) is 9.01. The number of sulfonamides is 1. The van der Waals surface area contributed by atoms with E-state index in [2.05, 4.69) is 15.4 Å². The van der Waals surface area contributed by atoms with Crippen LogP contribution < -0.4 is 15.4 Å². The van der Waals surface area contributed by atoms with Crippen molar-refractivity contribution in [2.75, 3.05) is 19.3 Å². The Morgan fingerprint density at radius 2 is 1.81 bits per heavy atom. The average molecular weight is 405 g/mol. The van der Waals surface area contributed by atoms with E-state index >= 15 is 0 Å². The number of hydrogen-bond donors (Lipinski definition) is 3. The maximum absolute atomic E-state index is 12.9. The Morgan fingerprint density at radius 3 is 2.30 bits per heavy atom. The first-order chi connectivity index (χ1) is 12.2. The molecule has 1 saturated heterocycles. The van der Waals surface area contributed by atoms with Gasteiger partial charge in [-0.1, -0.05) is 13.8 Å². The lowest BCUT2D eigenvalue weighted by Crippen LogP contribution is -2.58. The summed E-state index contributed by atoms with van der Waals surface area (Å²) >= 11 is 0. The SMILES string of the molecule is CC(=O)N[C@H](C(=O)N1CCC[C@@H]1C(=O)NC(C)(C)CNS(C)(=O)=O)C(C)C. The summed E-state index contributed by atoms with van der Waals surface area (Å²) in [6.07, 6.45) is 2.27. The number of hydrogen-bond acceptors (Lipinski definition) is 5. The molecule has 1 aliphatic heterocycles. The van der Waals surface area contributed by atoms with Crippen LogP contribution >= 0.6 is 0 Å². The summed E-state index contributed by atoms with van der Waals surface area (Å²) in [6.45, 7) is 8.93. The van der Waals surface area contributed by atoms with Crippen LogP contribution in [0, 0.1) is 5.92 Å². The maximum Gasteiger partial charge on any atom is 0.246 e. The van der Waals surface area contributed by atoms with Gasteiger partial charge in [0.2, 0.25) is 27.7 Å². The van der Waals surface area contributed by atoms with Gasteiger partial charge >= 0.3 is 0 Å². The lowest BCUT2D eigenvalue weighted by molar-refractivity contribution is -0.142. The van der Waals surface area contributed by atoms with Crippen LogP contribution in [0.5, 0.6) is 0 Å². The van der Waals surface area contributed by atoms with Crippen molar-refractivity contribution in [3.05, 3.63) is 0 Å². The molecule has 1 heterocycles. The molecule has 1 rings (SSSR count). The van der Waals surface area contributed by atoms with E-state index in [1.54, 1.807) is 13.8 Å². The van der Waals surface area contributed by atoms with Gasteiger partial charge in [-0.05, 0) is 32.6 Å². The van der Waals surface area contributed by atoms with Gasteiger partial charge in [0, 0.05) is 25.6 Å². The minimum Gasteiger partial charge on any atom is -0.348 e. The van der Waals surface area contributed by atoms with Gasteiger partial charge in [-0.3, -0.25) is 14.4 Å². The molecule has 0 aromatic heterocycles. The lowest BCUT2D eigenvalue weighted by atomic mass is 10.0. The standard InChI is InChI=1S/C17H32N4O5S/c1-11(2)14(19-12(3)22)16(24)21-9-7-8-13(21)15(23)20-17(4,5)10-18-27(6,25)26/h11,13-14,18H,7-10H2,1-6H3,(H,19,22)(H,20,23)/t13-,14+/m1/s1. The van der Waals surface area contributed by atoms with Crippen LogP contribution in [-0.4, -0.2) is 68.0 Å². The summed E-state index contributed by atoms with van der Waals surface area (Å²) in [5.41, 5.74) is -0.813. The topological polar surface area (TPSA) is 125 Å². The monoisotopic (exact) mass is 404 g/mol. The number of rotatable bonds is 8. The minimum absolute atomic E-state index is 0.0404. The van der Waals surface area contributed by atoms with Crippen molar-refractivity contribution in [2.45, 2.75) is 65.1 Å². The summed E-state index contributed by atoms with van der Waals surface area (Å²) in [5, 5.41) is 5.48. The van der Waals surface area contributed by atoms with Crippen molar-refractivity contribution in [2.24, 2.45) is 5.92 Å². The zero-order chi connectivity index (χ0) is 21.0. The first kappa shape index (κ1) is 23.4. The molecule has 0 aliphatic carbocycles. The molecule has 27 heavy (non-hydrogen) atoms. The molecule has 1 aliphatic rings. The van der Waals surface area contributed by atoms with E-state index in [1.807, 2.05) is 13.8 Å². The lowest BCUT2D eigenvalue weighted by Gasteiger charge is -2.33. The molecule has 3 N–H and O–H groups in total. The van der Waals surface area contributed by atoms with Gasteiger partial charge in [0.05, 0.1) is 6.26 Å². The molecule has 0 aromatic rings. The van der Waals surface area contributed by atoms with Crippen LogP contribution in [0.1, 0.15) is 47.5 Å². The fraction of sp³-hybridized carbons (Fsp3) is 0.824. The maximum atomic E-state index is 12.9. The Labute approximate surface area is 161 Å². The van der Waals surface area contributed by atoms with Gasteiger partial charge in [-0.15, -0.1) is 0 Å². The second-order valence-electron chi connectivity index (χ2n) is 8.08. The Morgan fingerprint density at radius 1 is 1.22 bits per heavy atom. The summed E-state index contributed by atoms with van der Waals surface area (Å²) in [7, 11) is -3.37. The number of nitrogens with zero attached hydrogens (tertiary/aromatic N) is 1. The van der Waals surface area contributed by atoms with Crippen molar-refractivity contribution >= 4 is 27.7 Å². The number of amides is 3. The molecule has 1 fully saturated rings. The fourth-order valence-electron chi connectivity index (χ4n) is 2.99. The third kappa shape index (κ3) is 7.45. The van der Waals surface area contributed by atoms with Crippen LogP contribution in [-0.2, 0) is 24.4 Å². The van der Waals surface area contributed by atoms with Crippen molar-refractivity contribution in [3.63, 3.8) is 0 Å². The molecule has 156 valence electrons. The van der Waals surface area contributed by atoms with Crippen LogP contribution in [0.25, 0.3) is 0 Å². The van der Waals surface area contributed by atoms with Gasteiger partial charge in [-0.25, -0.2) is 13.1 Å². The van der Waals surface area contributed by atoms with E-state index in [0.29, 0.717) is 19.4 Å². The molecule has 9 nitrogen and oxygen atoms in total. The predicted octanol–water partition coefficient (Wildman–Crippen LogP) is -0.418. The first-order valence-electron chi connectivity index (χ1n) is 9.08. The number of carbonyl (C=O) groups excluding carboxylic acids is 3. The smallest absolute Gasteiger partial charge is 0.246 e. The van der Waals surface area contributed by atoms with E-state index in [-0.39, 0.29) is 30.2 Å². The third-order valence-corrected chi connectivity index (χ3v) is 5.04. The van der Waals surface area contributed by atoms with Crippen LogP contribution in [0.2, 0.25) is 0 Å². The predicted molar refractivity (Wildman–Crippen MR) is 102 cm³/mol. The highest BCUT2D eigenvalue weighted by Gasteiger charge is 2.39. The van der Waals surface area contributed by atoms with Gasteiger partial charge in [0.15, 0.2) is 0 Å². The van der Waals surface area contributed by atoms with Crippen LogP contribution in [0.15, 0.2) is 0 Å². The quantitative estimate of drug-likeness (QED) is 0.507. The third-order valence-electron chi connectivity index (χ3n) is 4.37. The molecular formula is C17H32N4O5S. The van der Waals surface area contributed by atoms with Crippen LogP contribution in [0.4, 0.5) is 0 Å². The Kier molecular flexibility index (Phi) is 7.79. The fourth-order valence-corrected chi connectivity index (χ4v) is 3.61. The van der Waals surface area contributed by atoms with Crippen molar-refractivity contribution < 1.29 is 22.8 Å². The molecule has 0 spiro atoms. The summed E-state index contributed by atoms with van der Waals surface area (Å²) in [6, 6.07) is -1.32. The van der Waals surface area contributed by atoms with E-state index in [1.165, 1.54) is 11.8 Å².